The second-order valence-electron chi connectivity index (χ2n) is 6.64. The van der Waals surface area contributed by atoms with Gasteiger partial charge in [0.25, 0.3) is 5.56 Å². The molecule has 4 rings (SSSR count). The highest BCUT2D eigenvalue weighted by Gasteiger charge is 2.17. The van der Waals surface area contributed by atoms with Gasteiger partial charge >= 0.3 is 5.69 Å². The predicted molar refractivity (Wildman–Crippen MR) is 111 cm³/mol. The second-order valence-corrected chi connectivity index (χ2v) is 6.64. The van der Waals surface area contributed by atoms with E-state index in [-0.39, 0.29) is 23.3 Å². The highest BCUT2D eigenvalue weighted by Crippen LogP contribution is 2.13. The summed E-state index contributed by atoms with van der Waals surface area (Å²) >= 11 is 0. The Labute approximate surface area is 170 Å². The Balaban J connectivity index is 1.77. The molecule has 2 heterocycles. The lowest BCUT2D eigenvalue weighted by Gasteiger charge is -2.14. The molecule has 0 radical (unpaired) electrons. The summed E-state index contributed by atoms with van der Waals surface area (Å²) in [4.78, 5) is 42.6. The molecule has 0 atom stereocenters. The highest BCUT2D eigenvalue weighted by molar-refractivity contribution is 5.91. The van der Waals surface area contributed by atoms with Crippen LogP contribution in [0.5, 0.6) is 0 Å². The summed E-state index contributed by atoms with van der Waals surface area (Å²) in [5.41, 5.74) is -0.101. The van der Waals surface area contributed by atoms with E-state index >= 15 is 0 Å². The van der Waals surface area contributed by atoms with Gasteiger partial charge in [-0.3, -0.25) is 18.7 Å². The van der Waals surface area contributed by atoms with Crippen molar-refractivity contribution < 1.29 is 9.18 Å². The fourth-order valence-corrected chi connectivity index (χ4v) is 3.20. The summed E-state index contributed by atoms with van der Waals surface area (Å²) in [6.07, 6.45) is 1.45. The summed E-state index contributed by atoms with van der Waals surface area (Å²) in [6, 6.07) is 17.9. The zero-order chi connectivity index (χ0) is 21.1. The van der Waals surface area contributed by atoms with Gasteiger partial charge in [-0.2, -0.15) is 0 Å². The Hall–Kier alpha value is -4.07. The number of aromatic nitrogens is 3. The van der Waals surface area contributed by atoms with Crippen molar-refractivity contribution in [1.29, 1.82) is 0 Å². The van der Waals surface area contributed by atoms with Gasteiger partial charge in [0.05, 0.1) is 17.7 Å². The molecule has 0 saturated carbocycles. The minimum Gasteiger partial charge on any atom is -0.322 e. The SMILES string of the molecule is O=C(Cn1c(=O)n(Cc2ccccc2)c(=O)c2ncccc21)Nc1ccccc1F. The Morgan fingerprint density at radius 2 is 1.67 bits per heavy atom. The zero-order valence-corrected chi connectivity index (χ0v) is 15.8. The molecule has 8 heteroatoms. The molecule has 2 aromatic carbocycles. The van der Waals surface area contributed by atoms with Crippen LogP contribution in [-0.2, 0) is 17.9 Å². The summed E-state index contributed by atoms with van der Waals surface area (Å²) in [5.74, 6) is -1.18. The second kappa shape index (κ2) is 8.12. The molecule has 0 bridgehead atoms. The minimum absolute atomic E-state index is 0.00980. The fourth-order valence-electron chi connectivity index (χ4n) is 3.20. The van der Waals surface area contributed by atoms with E-state index in [2.05, 4.69) is 10.3 Å². The number of halogens is 1. The standard InChI is InChI=1S/C22H17FN4O3/c23-16-9-4-5-10-17(16)25-19(28)14-26-18-11-6-12-24-20(18)21(29)27(22(26)30)13-15-7-2-1-3-8-15/h1-12H,13-14H2,(H,25,28). The van der Waals surface area contributed by atoms with Crippen LogP contribution in [0.4, 0.5) is 10.1 Å². The molecule has 0 saturated heterocycles. The molecule has 1 N–H and O–H groups in total. The smallest absolute Gasteiger partial charge is 0.322 e. The third-order valence-electron chi connectivity index (χ3n) is 4.62. The molecule has 150 valence electrons. The predicted octanol–water partition coefficient (Wildman–Crippen LogP) is 2.38. The van der Waals surface area contributed by atoms with Gasteiger partial charge in [0.1, 0.15) is 12.4 Å². The minimum atomic E-state index is -0.645. The number of benzene rings is 2. The number of hydrogen-bond acceptors (Lipinski definition) is 4. The van der Waals surface area contributed by atoms with Gasteiger partial charge in [0.2, 0.25) is 5.91 Å². The first kappa shape index (κ1) is 19.3. The molecular weight excluding hydrogens is 387 g/mol. The number of para-hydroxylation sites is 1. The van der Waals surface area contributed by atoms with Crippen molar-refractivity contribution in [2.45, 2.75) is 13.1 Å². The topological polar surface area (TPSA) is 86.0 Å². The summed E-state index contributed by atoms with van der Waals surface area (Å²) in [5, 5.41) is 2.45. The Morgan fingerprint density at radius 3 is 2.43 bits per heavy atom. The molecule has 0 unspecified atom stereocenters. The third-order valence-corrected chi connectivity index (χ3v) is 4.62. The quantitative estimate of drug-likeness (QED) is 0.553. The van der Waals surface area contributed by atoms with Crippen molar-refractivity contribution in [3.8, 4) is 0 Å². The van der Waals surface area contributed by atoms with Gasteiger partial charge in [-0.15, -0.1) is 0 Å². The number of rotatable bonds is 5. The van der Waals surface area contributed by atoms with E-state index in [9.17, 15) is 18.8 Å². The number of anilines is 1. The van der Waals surface area contributed by atoms with Crippen molar-refractivity contribution in [2.24, 2.45) is 0 Å². The van der Waals surface area contributed by atoms with E-state index in [1.165, 1.54) is 29.0 Å². The Bertz CT molecular complexity index is 1350. The maximum Gasteiger partial charge on any atom is 0.332 e. The van der Waals surface area contributed by atoms with Crippen molar-refractivity contribution in [3.05, 3.63) is 105 Å². The van der Waals surface area contributed by atoms with Crippen molar-refractivity contribution in [3.63, 3.8) is 0 Å². The number of hydrogen-bond donors (Lipinski definition) is 1. The van der Waals surface area contributed by atoms with Gasteiger partial charge in [-0.05, 0) is 29.8 Å². The van der Waals surface area contributed by atoms with Gasteiger partial charge in [-0.25, -0.2) is 14.2 Å². The largest absolute Gasteiger partial charge is 0.332 e. The molecule has 0 aliphatic heterocycles. The van der Waals surface area contributed by atoms with Crippen LogP contribution in [0.25, 0.3) is 11.0 Å². The molecule has 1 amide bonds. The number of carbonyl (C=O) groups is 1. The summed E-state index contributed by atoms with van der Waals surface area (Å²) in [6.45, 7) is -0.357. The van der Waals surface area contributed by atoms with Crippen LogP contribution in [0.1, 0.15) is 5.56 Å². The number of pyridine rings is 1. The molecule has 30 heavy (non-hydrogen) atoms. The van der Waals surface area contributed by atoms with Crippen LogP contribution in [-0.4, -0.2) is 20.0 Å². The maximum absolute atomic E-state index is 13.8. The van der Waals surface area contributed by atoms with Crippen LogP contribution < -0.4 is 16.6 Å². The average molecular weight is 404 g/mol. The van der Waals surface area contributed by atoms with Gasteiger partial charge < -0.3 is 5.32 Å². The molecule has 0 aliphatic carbocycles. The van der Waals surface area contributed by atoms with Gasteiger partial charge in [0.15, 0.2) is 5.52 Å². The van der Waals surface area contributed by atoms with E-state index < -0.39 is 29.5 Å². The fraction of sp³-hybridized carbons (Fsp3) is 0.0909. The summed E-state index contributed by atoms with van der Waals surface area (Å²) < 4.78 is 16.1. The molecule has 7 nitrogen and oxygen atoms in total. The van der Waals surface area contributed by atoms with E-state index in [0.717, 1.165) is 10.1 Å². The molecule has 0 spiro atoms. The normalized spacial score (nSPS) is 10.8. The van der Waals surface area contributed by atoms with Crippen molar-refractivity contribution in [2.75, 3.05) is 5.32 Å². The average Bonchev–Trinajstić information content (AvgIpc) is 2.76. The number of amides is 1. The molecule has 0 fully saturated rings. The number of nitrogens with one attached hydrogen (secondary N) is 1. The first-order chi connectivity index (χ1) is 14.5. The maximum atomic E-state index is 13.8. The van der Waals surface area contributed by atoms with E-state index in [0.29, 0.717) is 0 Å². The van der Waals surface area contributed by atoms with E-state index in [1.54, 1.807) is 42.5 Å². The third kappa shape index (κ3) is 3.75. The van der Waals surface area contributed by atoms with Crippen LogP contribution >= 0.6 is 0 Å². The van der Waals surface area contributed by atoms with E-state index in [1.807, 2.05) is 6.07 Å². The first-order valence-corrected chi connectivity index (χ1v) is 9.21. The van der Waals surface area contributed by atoms with Crippen molar-refractivity contribution in [1.82, 2.24) is 14.1 Å². The molecule has 2 aromatic heterocycles. The zero-order valence-electron chi connectivity index (χ0n) is 15.8. The number of nitrogens with zero attached hydrogens (tertiary/aromatic N) is 3. The number of fused-ring (bicyclic) bond motifs is 1. The first-order valence-electron chi connectivity index (χ1n) is 9.21. The van der Waals surface area contributed by atoms with Crippen molar-refractivity contribution >= 4 is 22.6 Å². The monoisotopic (exact) mass is 404 g/mol. The van der Waals surface area contributed by atoms with Crippen LogP contribution in [0.3, 0.4) is 0 Å². The van der Waals surface area contributed by atoms with Crippen LogP contribution in [0.2, 0.25) is 0 Å². The lowest BCUT2D eigenvalue weighted by molar-refractivity contribution is -0.116. The van der Waals surface area contributed by atoms with Gasteiger partial charge in [-0.1, -0.05) is 42.5 Å². The Kier molecular flexibility index (Phi) is 5.21. The van der Waals surface area contributed by atoms with Gasteiger partial charge in [0, 0.05) is 6.20 Å². The summed E-state index contributed by atoms with van der Waals surface area (Å²) in [7, 11) is 0. The number of carbonyl (C=O) groups excluding carboxylic acids is 1. The lowest BCUT2D eigenvalue weighted by atomic mass is 10.2. The molecular formula is C22H17FN4O3. The molecule has 0 aliphatic rings. The highest BCUT2D eigenvalue weighted by atomic mass is 19.1. The lowest BCUT2D eigenvalue weighted by Crippen LogP contribution is -2.42. The van der Waals surface area contributed by atoms with Crippen LogP contribution in [0.15, 0.2) is 82.5 Å². The molecule has 4 aromatic rings. The Morgan fingerprint density at radius 1 is 0.933 bits per heavy atom. The van der Waals surface area contributed by atoms with E-state index in [4.69, 9.17) is 0 Å². The van der Waals surface area contributed by atoms with Crippen LogP contribution in [0, 0.1) is 5.82 Å².